The maximum absolute atomic E-state index is 10.4. The molecule has 1 heteroatoms. The van der Waals surface area contributed by atoms with Crippen molar-refractivity contribution in [2.75, 3.05) is 0 Å². The minimum Gasteiger partial charge on any atom is -0.389 e. The highest BCUT2D eigenvalue weighted by Gasteiger charge is 2.56. The first-order valence-corrected chi connectivity index (χ1v) is 12.9. The minimum absolute atomic E-state index is 0.261. The van der Waals surface area contributed by atoms with Crippen LogP contribution in [0.4, 0.5) is 0 Å². The van der Waals surface area contributed by atoms with Crippen molar-refractivity contribution in [3.63, 3.8) is 0 Å². The molecule has 0 spiro atoms. The predicted octanol–water partition coefficient (Wildman–Crippen LogP) is 7.87. The summed E-state index contributed by atoms with van der Waals surface area (Å²) in [5.74, 6) is 3.51. The Labute approximate surface area is 186 Å². The summed E-state index contributed by atoms with van der Waals surface area (Å²) in [5.41, 5.74) is 7.06. The Morgan fingerprint density at radius 2 is 1.77 bits per heavy atom. The highest BCUT2D eigenvalue weighted by Crippen LogP contribution is 2.66. The van der Waals surface area contributed by atoms with Gasteiger partial charge in [-0.05, 0) is 110 Å². The molecule has 2 unspecified atom stereocenters. The Morgan fingerprint density at radius 1 is 1.03 bits per heavy atom. The van der Waals surface area contributed by atoms with Gasteiger partial charge in [0, 0.05) is 0 Å². The lowest BCUT2D eigenvalue weighted by molar-refractivity contribution is 0.00295. The van der Waals surface area contributed by atoms with Gasteiger partial charge in [-0.1, -0.05) is 64.5 Å². The number of aliphatic hydroxyl groups is 1. The van der Waals surface area contributed by atoms with Crippen molar-refractivity contribution < 1.29 is 5.11 Å². The van der Waals surface area contributed by atoms with Gasteiger partial charge in [-0.15, -0.1) is 0 Å². The van der Waals surface area contributed by atoms with Gasteiger partial charge in [-0.25, -0.2) is 0 Å². The highest BCUT2D eigenvalue weighted by atomic mass is 16.3. The minimum atomic E-state index is -0.261. The molecule has 4 aliphatic rings. The van der Waals surface area contributed by atoms with Gasteiger partial charge in [0.1, 0.15) is 0 Å². The first-order valence-electron chi connectivity index (χ1n) is 12.9. The average Bonchev–Trinajstić information content (AvgIpc) is 3.06. The lowest BCUT2D eigenvalue weighted by Gasteiger charge is -2.57. The number of rotatable bonds is 5. The van der Waals surface area contributed by atoms with Crippen LogP contribution >= 0.6 is 0 Å². The van der Waals surface area contributed by atoms with Gasteiger partial charge in [-0.3, -0.25) is 0 Å². The van der Waals surface area contributed by atoms with E-state index in [1.54, 1.807) is 0 Å². The third kappa shape index (κ3) is 3.39. The molecule has 0 bridgehead atoms. The summed E-state index contributed by atoms with van der Waals surface area (Å²) in [6.45, 7) is 20.9. The third-order valence-electron chi connectivity index (χ3n) is 10.5. The SMILES string of the molecule is C=C(CC[C@@H](C)[C@H]1CCC2=C3CCC4C(=C)[C@@H](O)CC[C@]4(C)C3CC[C@@]21C)C(C)C. The van der Waals surface area contributed by atoms with Crippen LogP contribution in [0.25, 0.3) is 0 Å². The molecule has 7 atom stereocenters. The fourth-order valence-corrected chi connectivity index (χ4v) is 8.38. The molecule has 4 rings (SSSR count). The number of hydrogen-bond donors (Lipinski definition) is 1. The Hall–Kier alpha value is -0.820. The average molecular weight is 411 g/mol. The van der Waals surface area contributed by atoms with Crippen LogP contribution in [-0.2, 0) is 0 Å². The van der Waals surface area contributed by atoms with Gasteiger partial charge in [0.25, 0.3) is 0 Å². The standard InChI is InChI=1S/C29H46O/c1-18(2)19(3)8-9-20(4)23-12-13-25-22-10-11-24-21(5)27(30)15-17-29(24,7)26(22)14-16-28(23,25)6/h18,20,23-24,26-27,30H,3,5,8-17H2,1-2,4,6-7H3/t20-,23-,24?,26?,27+,28-,29+/m1/s1. The van der Waals surface area contributed by atoms with Crippen molar-refractivity contribution in [1.29, 1.82) is 0 Å². The van der Waals surface area contributed by atoms with E-state index < -0.39 is 0 Å². The molecular weight excluding hydrogens is 364 g/mol. The summed E-state index contributed by atoms with van der Waals surface area (Å²) in [6, 6.07) is 0. The molecule has 0 aliphatic heterocycles. The van der Waals surface area contributed by atoms with E-state index in [0.29, 0.717) is 22.7 Å². The summed E-state index contributed by atoms with van der Waals surface area (Å²) in [6.07, 6.45) is 12.3. The molecular formula is C29H46O. The molecule has 4 aliphatic carbocycles. The summed E-state index contributed by atoms with van der Waals surface area (Å²) in [5, 5.41) is 10.4. The van der Waals surface area contributed by atoms with Crippen LogP contribution in [0.3, 0.4) is 0 Å². The lowest BCUT2D eigenvalue weighted by Crippen LogP contribution is -2.49. The lowest BCUT2D eigenvalue weighted by atomic mass is 9.48. The summed E-state index contributed by atoms with van der Waals surface area (Å²) < 4.78 is 0. The molecule has 0 aromatic rings. The van der Waals surface area contributed by atoms with E-state index in [1.807, 2.05) is 11.1 Å². The second-order valence-corrected chi connectivity index (χ2v) is 12.2. The first kappa shape index (κ1) is 22.4. The van der Waals surface area contributed by atoms with Gasteiger partial charge < -0.3 is 5.11 Å². The molecule has 3 fully saturated rings. The first-order chi connectivity index (χ1) is 14.1. The Balaban J connectivity index is 1.56. The third-order valence-corrected chi connectivity index (χ3v) is 10.5. The van der Waals surface area contributed by atoms with Gasteiger partial charge in [0.05, 0.1) is 6.10 Å². The molecule has 1 nitrogen and oxygen atoms in total. The summed E-state index contributed by atoms with van der Waals surface area (Å²) >= 11 is 0. The van der Waals surface area contributed by atoms with Gasteiger partial charge in [0.2, 0.25) is 0 Å². The quantitative estimate of drug-likeness (QED) is 0.457. The van der Waals surface area contributed by atoms with Gasteiger partial charge in [0.15, 0.2) is 0 Å². The van der Waals surface area contributed by atoms with E-state index in [4.69, 9.17) is 0 Å². The van der Waals surface area contributed by atoms with Crippen LogP contribution in [0.5, 0.6) is 0 Å². The van der Waals surface area contributed by atoms with Crippen molar-refractivity contribution in [3.8, 4) is 0 Å². The second kappa shape index (κ2) is 7.95. The number of allylic oxidation sites excluding steroid dienone is 3. The van der Waals surface area contributed by atoms with Crippen LogP contribution in [-0.4, -0.2) is 11.2 Å². The van der Waals surface area contributed by atoms with Crippen LogP contribution in [0, 0.1) is 40.4 Å². The molecule has 30 heavy (non-hydrogen) atoms. The zero-order valence-electron chi connectivity index (χ0n) is 20.4. The van der Waals surface area contributed by atoms with Crippen molar-refractivity contribution >= 4 is 0 Å². The molecule has 1 N–H and O–H groups in total. The maximum Gasteiger partial charge on any atom is 0.0750 e. The molecule has 0 heterocycles. The topological polar surface area (TPSA) is 20.2 Å². The monoisotopic (exact) mass is 410 g/mol. The van der Waals surface area contributed by atoms with Crippen molar-refractivity contribution in [3.05, 3.63) is 35.5 Å². The van der Waals surface area contributed by atoms with Crippen molar-refractivity contribution in [1.82, 2.24) is 0 Å². The smallest absolute Gasteiger partial charge is 0.0750 e. The summed E-state index contributed by atoms with van der Waals surface area (Å²) in [7, 11) is 0. The Bertz CT molecular complexity index is 741. The fourth-order valence-electron chi connectivity index (χ4n) is 8.38. The van der Waals surface area contributed by atoms with E-state index in [-0.39, 0.29) is 6.10 Å². The van der Waals surface area contributed by atoms with Crippen LogP contribution in [0.1, 0.15) is 98.8 Å². The molecule has 0 amide bonds. The number of hydrogen-bond acceptors (Lipinski definition) is 1. The predicted molar refractivity (Wildman–Crippen MR) is 128 cm³/mol. The second-order valence-electron chi connectivity index (χ2n) is 12.2. The Kier molecular flexibility index (Phi) is 5.93. The molecule has 0 radical (unpaired) electrons. The van der Waals surface area contributed by atoms with Crippen molar-refractivity contribution in [2.24, 2.45) is 40.4 Å². The van der Waals surface area contributed by atoms with Crippen LogP contribution < -0.4 is 0 Å². The van der Waals surface area contributed by atoms with Gasteiger partial charge in [-0.2, -0.15) is 0 Å². The zero-order chi connectivity index (χ0) is 21.8. The fraction of sp³-hybridized carbons (Fsp3) is 0.793. The largest absolute Gasteiger partial charge is 0.389 e. The van der Waals surface area contributed by atoms with E-state index in [2.05, 4.69) is 47.8 Å². The Morgan fingerprint density at radius 3 is 2.47 bits per heavy atom. The molecule has 0 saturated heterocycles. The van der Waals surface area contributed by atoms with E-state index in [1.165, 1.54) is 63.4 Å². The van der Waals surface area contributed by atoms with E-state index in [9.17, 15) is 5.11 Å². The van der Waals surface area contributed by atoms with Crippen LogP contribution in [0.15, 0.2) is 35.5 Å². The highest BCUT2D eigenvalue weighted by molar-refractivity contribution is 5.36. The van der Waals surface area contributed by atoms with E-state index in [0.717, 1.165) is 29.7 Å². The molecule has 168 valence electrons. The maximum atomic E-state index is 10.4. The molecule has 0 aromatic carbocycles. The van der Waals surface area contributed by atoms with Gasteiger partial charge >= 0.3 is 0 Å². The normalized spacial score (nSPS) is 42.0. The van der Waals surface area contributed by atoms with Crippen molar-refractivity contribution in [2.45, 2.75) is 105 Å². The zero-order valence-corrected chi connectivity index (χ0v) is 20.4. The van der Waals surface area contributed by atoms with E-state index >= 15 is 0 Å². The van der Waals surface area contributed by atoms with Crippen LogP contribution in [0.2, 0.25) is 0 Å². The molecule has 3 saturated carbocycles. The number of aliphatic hydroxyl groups excluding tert-OH is 1. The summed E-state index contributed by atoms with van der Waals surface area (Å²) in [4.78, 5) is 0. The molecule has 0 aromatic heterocycles. The number of fused-ring (bicyclic) bond motifs is 4.